The predicted octanol–water partition coefficient (Wildman–Crippen LogP) is 2.41. The van der Waals surface area contributed by atoms with Crippen molar-refractivity contribution in [3.05, 3.63) is 65.5 Å². The Labute approximate surface area is 140 Å². The summed E-state index contributed by atoms with van der Waals surface area (Å²) >= 11 is 0. The molecule has 0 saturated heterocycles. The molecule has 0 bridgehead atoms. The van der Waals surface area contributed by atoms with Crippen molar-refractivity contribution in [1.29, 1.82) is 0 Å². The standard InChI is InChI=1S/C18H21FN2O3/c1-24-14-8-6-13(7-9-14)10-11-20-18(23)21-12-17(22)15-4-2-3-5-16(15)19/h2-9,17,22H,10-12H2,1H3,(H2,20,21,23). The number of rotatable bonds is 7. The topological polar surface area (TPSA) is 70.6 Å². The van der Waals surface area contributed by atoms with E-state index in [9.17, 15) is 14.3 Å². The zero-order chi connectivity index (χ0) is 17.4. The molecule has 2 aromatic carbocycles. The number of carbonyl (C=O) groups excluding carboxylic acids is 1. The molecule has 128 valence electrons. The number of carbonyl (C=O) groups is 1. The Morgan fingerprint density at radius 3 is 2.54 bits per heavy atom. The molecule has 0 saturated carbocycles. The molecule has 2 aromatic rings. The summed E-state index contributed by atoms with van der Waals surface area (Å²) in [6.45, 7) is 0.392. The molecule has 2 rings (SSSR count). The Morgan fingerprint density at radius 1 is 1.17 bits per heavy atom. The van der Waals surface area contributed by atoms with Gasteiger partial charge in [0.05, 0.1) is 13.2 Å². The largest absolute Gasteiger partial charge is 0.497 e. The van der Waals surface area contributed by atoms with Crippen LogP contribution in [0.1, 0.15) is 17.2 Å². The Kier molecular flexibility index (Phi) is 6.57. The van der Waals surface area contributed by atoms with Gasteiger partial charge in [-0.15, -0.1) is 0 Å². The maximum absolute atomic E-state index is 13.5. The second-order valence-electron chi connectivity index (χ2n) is 5.27. The normalized spacial score (nSPS) is 11.6. The van der Waals surface area contributed by atoms with Crippen molar-refractivity contribution < 1.29 is 19.0 Å². The lowest BCUT2D eigenvalue weighted by Crippen LogP contribution is -2.38. The third-order valence-electron chi connectivity index (χ3n) is 3.58. The van der Waals surface area contributed by atoms with Crippen LogP contribution in [0.3, 0.4) is 0 Å². The minimum absolute atomic E-state index is 0.0602. The van der Waals surface area contributed by atoms with E-state index in [0.717, 1.165) is 11.3 Å². The Morgan fingerprint density at radius 2 is 1.88 bits per heavy atom. The average Bonchev–Trinajstić information content (AvgIpc) is 2.60. The molecule has 0 radical (unpaired) electrons. The molecule has 24 heavy (non-hydrogen) atoms. The summed E-state index contributed by atoms with van der Waals surface area (Å²) in [6.07, 6.45) is -0.411. The molecule has 0 aromatic heterocycles. The fraction of sp³-hybridized carbons (Fsp3) is 0.278. The van der Waals surface area contributed by atoms with Crippen molar-refractivity contribution in [3.63, 3.8) is 0 Å². The zero-order valence-electron chi connectivity index (χ0n) is 13.5. The molecule has 3 N–H and O–H groups in total. The van der Waals surface area contributed by atoms with Crippen molar-refractivity contribution in [2.24, 2.45) is 0 Å². The van der Waals surface area contributed by atoms with Gasteiger partial charge in [0.1, 0.15) is 11.6 Å². The maximum atomic E-state index is 13.5. The van der Waals surface area contributed by atoms with Crippen LogP contribution in [0.2, 0.25) is 0 Å². The van der Waals surface area contributed by atoms with Gasteiger partial charge in [0.25, 0.3) is 0 Å². The van der Waals surface area contributed by atoms with E-state index in [0.29, 0.717) is 13.0 Å². The van der Waals surface area contributed by atoms with Gasteiger partial charge in [-0.3, -0.25) is 0 Å². The van der Waals surface area contributed by atoms with Crippen molar-refractivity contribution in [3.8, 4) is 5.75 Å². The number of benzene rings is 2. The van der Waals surface area contributed by atoms with Gasteiger partial charge in [0.15, 0.2) is 0 Å². The van der Waals surface area contributed by atoms with E-state index in [4.69, 9.17) is 4.74 Å². The van der Waals surface area contributed by atoms with Gasteiger partial charge in [0.2, 0.25) is 0 Å². The highest BCUT2D eigenvalue weighted by Gasteiger charge is 2.13. The molecule has 1 unspecified atom stereocenters. The summed E-state index contributed by atoms with van der Waals surface area (Å²) in [4.78, 5) is 11.7. The number of hydrogen-bond donors (Lipinski definition) is 3. The molecule has 0 fully saturated rings. The average molecular weight is 332 g/mol. The molecule has 0 aliphatic rings. The van der Waals surface area contributed by atoms with E-state index in [1.165, 1.54) is 12.1 Å². The summed E-state index contributed by atoms with van der Waals surface area (Å²) in [7, 11) is 1.61. The lowest BCUT2D eigenvalue weighted by Gasteiger charge is -2.13. The van der Waals surface area contributed by atoms with E-state index in [2.05, 4.69) is 10.6 Å². The molecule has 6 heteroatoms. The lowest BCUT2D eigenvalue weighted by molar-refractivity contribution is 0.169. The molecule has 5 nitrogen and oxygen atoms in total. The fourth-order valence-corrected chi connectivity index (χ4v) is 2.22. The van der Waals surface area contributed by atoms with Crippen LogP contribution >= 0.6 is 0 Å². The molecular formula is C18H21FN2O3. The van der Waals surface area contributed by atoms with Crippen LogP contribution in [0.15, 0.2) is 48.5 Å². The highest BCUT2D eigenvalue weighted by Crippen LogP contribution is 2.15. The van der Waals surface area contributed by atoms with Crippen LogP contribution in [0.25, 0.3) is 0 Å². The molecule has 1 atom stereocenters. The first kappa shape index (κ1) is 17.7. The summed E-state index contributed by atoms with van der Waals surface area (Å²) < 4.78 is 18.6. The maximum Gasteiger partial charge on any atom is 0.314 e. The highest BCUT2D eigenvalue weighted by atomic mass is 19.1. The lowest BCUT2D eigenvalue weighted by atomic mass is 10.1. The first-order chi connectivity index (χ1) is 11.6. The van der Waals surface area contributed by atoms with Crippen molar-refractivity contribution in [1.82, 2.24) is 10.6 Å². The van der Waals surface area contributed by atoms with Crippen LogP contribution in [0.4, 0.5) is 9.18 Å². The van der Waals surface area contributed by atoms with Gasteiger partial charge in [0, 0.05) is 18.7 Å². The summed E-state index contributed by atoms with van der Waals surface area (Å²) in [5, 5.41) is 15.1. The Hall–Kier alpha value is -2.60. The van der Waals surface area contributed by atoms with Crippen molar-refractivity contribution in [2.75, 3.05) is 20.2 Å². The Balaban J connectivity index is 1.70. The van der Waals surface area contributed by atoms with E-state index in [1.54, 1.807) is 19.2 Å². The van der Waals surface area contributed by atoms with Crippen LogP contribution in [0, 0.1) is 5.82 Å². The smallest absolute Gasteiger partial charge is 0.314 e. The highest BCUT2D eigenvalue weighted by molar-refractivity contribution is 5.73. The number of ether oxygens (including phenoxy) is 1. The van der Waals surface area contributed by atoms with Gasteiger partial charge in [-0.25, -0.2) is 9.18 Å². The molecule has 2 amide bonds. The van der Waals surface area contributed by atoms with Crippen LogP contribution in [-0.4, -0.2) is 31.3 Å². The number of aliphatic hydroxyl groups is 1. The van der Waals surface area contributed by atoms with E-state index in [-0.39, 0.29) is 12.1 Å². The van der Waals surface area contributed by atoms with Gasteiger partial charge in [-0.05, 0) is 30.2 Å². The number of halogens is 1. The SMILES string of the molecule is COc1ccc(CCNC(=O)NCC(O)c2ccccc2F)cc1. The second-order valence-corrected chi connectivity index (χ2v) is 5.27. The molecule has 0 aliphatic carbocycles. The number of urea groups is 1. The number of aliphatic hydroxyl groups excluding tert-OH is 1. The molecular weight excluding hydrogens is 311 g/mol. The number of amides is 2. The number of methoxy groups -OCH3 is 1. The quantitative estimate of drug-likeness (QED) is 0.729. The van der Waals surface area contributed by atoms with Gasteiger partial charge in [-0.1, -0.05) is 30.3 Å². The van der Waals surface area contributed by atoms with E-state index >= 15 is 0 Å². The fourth-order valence-electron chi connectivity index (χ4n) is 2.22. The second kappa shape index (κ2) is 8.88. The minimum atomic E-state index is -1.08. The molecule has 0 heterocycles. The minimum Gasteiger partial charge on any atom is -0.497 e. The molecule has 0 spiro atoms. The number of hydrogen-bond acceptors (Lipinski definition) is 3. The van der Waals surface area contributed by atoms with Gasteiger partial charge in [-0.2, -0.15) is 0 Å². The predicted molar refractivity (Wildman–Crippen MR) is 89.5 cm³/mol. The zero-order valence-corrected chi connectivity index (χ0v) is 13.5. The monoisotopic (exact) mass is 332 g/mol. The van der Waals surface area contributed by atoms with Crippen LogP contribution in [-0.2, 0) is 6.42 Å². The van der Waals surface area contributed by atoms with E-state index in [1.807, 2.05) is 24.3 Å². The first-order valence-electron chi connectivity index (χ1n) is 7.67. The Bertz CT molecular complexity index is 662. The van der Waals surface area contributed by atoms with Crippen LogP contribution in [0.5, 0.6) is 5.75 Å². The summed E-state index contributed by atoms with van der Waals surface area (Å²) in [5.74, 6) is 0.290. The third kappa shape index (κ3) is 5.24. The van der Waals surface area contributed by atoms with Crippen LogP contribution < -0.4 is 15.4 Å². The van der Waals surface area contributed by atoms with Gasteiger partial charge < -0.3 is 20.5 Å². The van der Waals surface area contributed by atoms with E-state index < -0.39 is 18.0 Å². The molecule has 0 aliphatic heterocycles. The first-order valence-corrected chi connectivity index (χ1v) is 7.67. The van der Waals surface area contributed by atoms with Crippen molar-refractivity contribution in [2.45, 2.75) is 12.5 Å². The summed E-state index contributed by atoms with van der Waals surface area (Å²) in [5.41, 5.74) is 1.23. The summed E-state index contributed by atoms with van der Waals surface area (Å²) in [6, 6.07) is 13.1. The van der Waals surface area contributed by atoms with Gasteiger partial charge >= 0.3 is 6.03 Å². The number of nitrogens with one attached hydrogen (secondary N) is 2. The van der Waals surface area contributed by atoms with Crippen molar-refractivity contribution >= 4 is 6.03 Å². The third-order valence-corrected chi connectivity index (χ3v) is 3.58.